The van der Waals surface area contributed by atoms with Crippen LogP contribution in [0.25, 0.3) is 0 Å². The summed E-state index contributed by atoms with van der Waals surface area (Å²) >= 11 is 5.89. The Kier molecular flexibility index (Phi) is 5.17. The number of carbonyl (C=O) groups excluding carboxylic acids is 1. The van der Waals surface area contributed by atoms with Crippen LogP contribution in [-0.4, -0.2) is 13.0 Å². The van der Waals surface area contributed by atoms with Crippen LogP contribution in [-0.2, 0) is 17.8 Å². The van der Waals surface area contributed by atoms with E-state index in [9.17, 15) is 9.18 Å². The highest BCUT2D eigenvalue weighted by molar-refractivity contribution is 6.31. The number of ether oxygens (including phenoxy) is 1. The SMILES string of the molecule is COc1cccc(CNC(=O)Cc2c(F)cccc2Cl)c1. The molecule has 0 saturated carbocycles. The van der Waals surface area contributed by atoms with E-state index in [-0.39, 0.29) is 22.9 Å². The number of nitrogens with one attached hydrogen (secondary N) is 1. The van der Waals surface area contributed by atoms with Gasteiger partial charge in [-0.1, -0.05) is 29.8 Å². The van der Waals surface area contributed by atoms with Crippen molar-refractivity contribution in [3.63, 3.8) is 0 Å². The zero-order chi connectivity index (χ0) is 15.2. The summed E-state index contributed by atoms with van der Waals surface area (Å²) in [5.41, 5.74) is 1.12. The second-order valence-corrected chi connectivity index (χ2v) is 4.91. The number of benzene rings is 2. The van der Waals surface area contributed by atoms with Gasteiger partial charge in [0, 0.05) is 17.1 Å². The van der Waals surface area contributed by atoms with Gasteiger partial charge < -0.3 is 10.1 Å². The number of halogens is 2. The Morgan fingerprint density at radius 2 is 2.05 bits per heavy atom. The van der Waals surface area contributed by atoms with Crippen LogP contribution in [0.4, 0.5) is 4.39 Å². The van der Waals surface area contributed by atoms with E-state index in [0.29, 0.717) is 6.54 Å². The van der Waals surface area contributed by atoms with Crippen LogP contribution in [0.15, 0.2) is 42.5 Å². The van der Waals surface area contributed by atoms with Gasteiger partial charge in [-0.15, -0.1) is 0 Å². The van der Waals surface area contributed by atoms with Crippen molar-refractivity contribution in [2.75, 3.05) is 7.11 Å². The number of hydrogen-bond acceptors (Lipinski definition) is 2. The van der Waals surface area contributed by atoms with Gasteiger partial charge in [0.1, 0.15) is 11.6 Å². The maximum absolute atomic E-state index is 13.6. The lowest BCUT2D eigenvalue weighted by molar-refractivity contribution is -0.120. The molecular formula is C16H15ClFNO2. The quantitative estimate of drug-likeness (QED) is 0.920. The minimum absolute atomic E-state index is 0.0878. The monoisotopic (exact) mass is 307 g/mol. The van der Waals surface area contributed by atoms with E-state index in [1.807, 2.05) is 24.3 Å². The minimum Gasteiger partial charge on any atom is -0.497 e. The van der Waals surface area contributed by atoms with Gasteiger partial charge >= 0.3 is 0 Å². The lowest BCUT2D eigenvalue weighted by Crippen LogP contribution is -2.25. The fourth-order valence-corrected chi connectivity index (χ4v) is 2.14. The molecule has 0 radical (unpaired) electrons. The molecule has 2 aromatic rings. The van der Waals surface area contributed by atoms with Crippen molar-refractivity contribution in [3.8, 4) is 5.75 Å². The Labute approximate surface area is 127 Å². The highest BCUT2D eigenvalue weighted by Crippen LogP contribution is 2.19. The Morgan fingerprint density at radius 3 is 2.76 bits per heavy atom. The predicted octanol–water partition coefficient (Wildman–Crippen LogP) is 3.35. The van der Waals surface area contributed by atoms with Crippen molar-refractivity contribution in [1.82, 2.24) is 5.32 Å². The van der Waals surface area contributed by atoms with Gasteiger partial charge in [0.15, 0.2) is 0 Å². The molecule has 0 aliphatic rings. The molecule has 0 fully saturated rings. The number of amides is 1. The maximum atomic E-state index is 13.6. The molecule has 1 N–H and O–H groups in total. The maximum Gasteiger partial charge on any atom is 0.224 e. The van der Waals surface area contributed by atoms with E-state index in [1.54, 1.807) is 13.2 Å². The largest absolute Gasteiger partial charge is 0.497 e. The summed E-state index contributed by atoms with van der Waals surface area (Å²) in [6, 6.07) is 11.7. The van der Waals surface area contributed by atoms with Crippen molar-refractivity contribution in [2.24, 2.45) is 0 Å². The molecular weight excluding hydrogens is 293 g/mol. The molecule has 0 aliphatic carbocycles. The first-order chi connectivity index (χ1) is 10.1. The first kappa shape index (κ1) is 15.3. The third-order valence-electron chi connectivity index (χ3n) is 3.02. The molecule has 110 valence electrons. The van der Waals surface area contributed by atoms with Gasteiger partial charge in [-0.2, -0.15) is 0 Å². The van der Waals surface area contributed by atoms with Crippen LogP contribution in [0.1, 0.15) is 11.1 Å². The fourth-order valence-electron chi connectivity index (χ4n) is 1.91. The number of rotatable bonds is 5. The average molecular weight is 308 g/mol. The standard InChI is InChI=1S/C16H15ClFNO2/c1-21-12-5-2-4-11(8-12)10-19-16(20)9-13-14(17)6-3-7-15(13)18/h2-8H,9-10H2,1H3,(H,19,20). The average Bonchev–Trinajstić information content (AvgIpc) is 2.49. The minimum atomic E-state index is -0.473. The third kappa shape index (κ3) is 4.20. The van der Waals surface area contributed by atoms with E-state index in [0.717, 1.165) is 11.3 Å². The van der Waals surface area contributed by atoms with Crippen LogP contribution in [0.2, 0.25) is 5.02 Å². The first-order valence-electron chi connectivity index (χ1n) is 6.42. The van der Waals surface area contributed by atoms with Gasteiger partial charge in [0.2, 0.25) is 5.91 Å². The van der Waals surface area contributed by atoms with Crippen LogP contribution < -0.4 is 10.1 Å². The summed E-state index contributed by atoms with van der Waals surface area (Å²) in [6.45, 7) is 0.349. The molecule has 5 heteroatoms. The van der Waals surface area contributed by atoms with Gasteiger partial charge in [0.05, 0.1) is 13.5 Å². The molecule has 3 nitrogen and oxygen atoms in total. The third-order valence-corrected chi connectivity index (χ3v) is 3.38. The van der Waals surface area contributed by atoms with Crippen LogP contribution in [0.3, 0.4) is 0 Å². The highest BCUT2D eigenvalue weighted by atomic mass is 35.5. The zero-order valence-corrected chi connectivity index (χ0v) is 12.3. The van der Waals surface area contributed by atoms with Gasteiger partial charge in [-0.3, -0.25) is 4.79 Å². The van der Waals surface area contributed by atoms with E-state index in [2.05, 4.69) is 5.32 Å². The Morgan fingerprint density at radius 1 is 1.29 bits per heavy atom. The van der Waals surface area contributed by atoms with E-state index in [4.69, 9.17) is 16.3 Å². The Bertz CT molecular complexity index is 626. The molecule has 21 heavy (non-hydrogen) atoms. The van der Waals surface area contributed by atoms with Crippen molar-refractivity contribution in [3.05, 3.63) is 64.4 Å². The van der Waals surface area contributed by atoms with Crippen molar-refractivity contribution < 1.29 is 13.9 Å². The Hall–Kier alpha value is -2.07. The summed E-state index contributed by atoms with van der Waals surface area (Å²) in [6.07, 6.45) is -0.0878. The van der Waals surface area contributed by atoms with Crippen molar-refractivity contribution in [1.29, 1.82) is 0 Å². The topological polar surface area (TPSA) is 38.3 Å². The van der Waals surface area contributed by atoms with E-state index >= 15 is 0 Å². The van der Waals surface area contributed by atoms with Gasteiger partial charge in [0.25, 0.3) is 0 Å². The number of hydrogen-bond donors (Lipinski definition) is 1. The highest BCUT2D eigenvalue weighted by Gasteiger charge is 2.11. The molecule has 0 bridgehead atoms. The second-order valence-electron chi connectivity index (χ2n) is 4.51. The van der Waals surface area contributed by atoms with Crippen molar-refractivity contribution >= 4 is 17.5 Å². The molecule has 0 aliphatic heterocycles. The van der Waals surface area contributed by atoms with Crippen LogP contribution in [0, 0.1) is 5.82 Å². The van der Waals surface area contributed by atoms with Gasteiger partial charge in [-0.25, -0.2) is 4.39 Å². The zero-order valence-electron chi connectivity index (χ0n) is 11.5. The summed E-state index contributed by atoms with van der Waals surface area (Å²) < 4.78 is 18.7. The van der Waals surface area contributed by atoms with E-state index < -0.39 is 5.82 Å². The molecule has 0 aromatic heterocycles. The van der Waals surface area contributed by atoms with Crippen LogP contribution in [0.5, 0.6) is 5.75 Å². The summed E-state index contributed by atoms with van der Waals surface area (Å²) in [7, 11) is 1.58. The lowest BCUT2D eigenvalue weighted by atomic mass is 10.1. The molecule has 0 saturated heterocycles. The smallest absolute Gasteiger partial charge is 0.224 e. The normalized spacial score (nSPS) is 10.2. The Balaban J connectivity index is 1.96. The number of methoxy groups -OCH3 is 1. The van der Waals surface area contributed by atoms with Crippen molar-refractivity contribution in [2.45, 2.75) is 13.0 Å². The molecule has 1 amide bonds. The molecule has 2 aromatic carbocycles. The fraction of sp³-hybridized carbons (Fsp3) is 0.188. The van der Waals surface area contributed by atoms with E-state index in [1.165, 1.54) is 12.1 Å². The van der Waals surface area contributed by atoms with Crippen LogP contribution >= 0.6 is 11.6 Å². The molecule has 0 unspecified atom stereocenters. The molecule has 0 spiro atoms. The lowest BCUT2D eigenvalue weighted by Gasteiger charge is -2.08. The second kappa shape index (κ2) is 7.09. The van der Waals surface area contributed by atoms with Gasteiger partial charge in [-0.05, 0) is 29.8 Å². The predicted molar refractivity (Wildman–Crippen MR) is 80.0 cm³/mol. The summed E-state index contributed by atoms with van der Waals surface area (Å²) in [5.74, 6) is -0.0391. The summed E-state index contributed by atoms with van der Waals surface area (Å²) in [4.78, 5) is 11.9. The number of carbonyl (C=O) groups is 1. The molecule has 0 atom stereocenters. The summed E-state index contributed by atoms with van der Waals surface area (Å²) in [5, 5.41) is 2.99. The molecule has 0 heterocycles. The first-order valence-corrected chi connectivity index (χ1v) is 6.80. The molecule has 2 rings (SSSR count).